The highest BCUT2D eigenvalue weighted by molar-refractivity contribution is 5.89. The second-order valence-electron chi connectivity index (χ2n) is 4.09. The van der Waals surface area contributed by atoms with Gasteiger partial charge in [0.25, 0.3) is 0 Å². The molecule has 0 spiro atoms. The summed E-state index contributed by atoms with van der Waals surface area (Å²) in [7, 11) is 0. The molecule has 0 aliphatic carbocycles. The summed E-state index contributed by atoms with van der Waals surface area (Å²) in [4.78, 5) is 13.6. The van der Waals surface area contributed by atoms with E-state index in [0.29, 0.717) is 18.8 Å². The van der Waals surface area contributed by atoms with Gasteiger partial charge in [-0.3, -0.25) is 0 Å². The van der Waals surface area contributed by atoms with Gasteiger partial charge in [0.2, 0.25) is 0 Å². The molecule has 19 heavy (non-hydrogen) atoms. The molecule has 2 amide bonds. The molecule has 0 saturated carbocycles. The van der Waals surface area contributed by atoms with Crippen LogP contribution in [0, 0.1) is 18.8 Å². The fourth-order valence-corrected chi connectivity index (χ4v) is 1.68. The number of rotatable bonds is 3. The highest BCUT2D eigenvalue weighted by Crippen LogP contribution is 2.15. The lowest BCUT2D eigenvalue weighted by Crippen LogP contribution is -2.34. The summed E-state index contributed by atoms with van der Waals surface area (Å²) in [5.74, 6) is 5.48. The molecular weight excluding hydrogens is 240 g/mol. The first kappa shape index (κ1) is 15.1. The number of aryl methyl sites for hydroxylation is 1. The molecular formula is C15H20N2O2. The minimum Gasteiger partial charge on any atom is -0.384 e. The summed E-state index contributed by atoms with van der Waals surface area (Å²) < 4.78 is 0. The lowest BCUT2D eigenvalue weighted by atomic mass is 10.1. The Morgan fingerprint density at radius 3 is 2.63 bits per heavy atom. The molecule has 4 heteroatoms. The zero-order chi connectivity index (χ0) is 14.3. The summed E-state index contributed by atoms with van der Waals surface area (Å²) in [5, 5.41) is 11.6. The van der Waals surface area contributed by atoms with Crippen LogP contribution in [0.4, 0.5) is 10.5 Å². The third kappa shape index (κ3) is 4.31. The van der Waals surface area contributed by atoms with E-state index in [9.17, 15) is 4.79 Å². The van der Waals surface area contributed by atoms with Gasteiger partial charge in [0.05, 0.1) is 0 Å². The van der Waals surface area contributed by atoms with Crippen molar-refractivity contribution in [1.82, 2.24) is 4.90 Å². The van der Waals surface area contributed by atoms with Crippen LogP contribution < -0.4 is 5.32 Å². The van der Waals surface area contributed by atoms with E-state index >= 15 is 0 Å². The molecule has 0 saturated heterocycles. The molecule has 102 valence electrons. The zero-order valence-electron chi connectivity index (χ0n) is 11.7. The number of anilines is 1. The summed E-state index contributed by atoms with van der Waals surface area (Å²) in [5.41, 5.74) is 2.54. The number of hydrogen-bond acceptors (Lipinski definition) is 2. The fourth-order valence-electron chi connectivity index (χ4n) is 1.68. The molecule has 0 fully saturated rings. The van der Waals surface area contributed by atoms with E-state index in [1.54, 1.807) is 4.90 Å². The van der Waals surface area contributed by atoms with Gasteiger partial charge in [-0.05, 0) is 38.5 Å². The van der Waals surface area contributed by atoms with Gasteiger partial charge in [-0.15, -0.1) is 0 Å². The third-order valence-electron chi connectivity index (χ3n) is 2.84. The van der Waals surface area contributed by atoms with Crippen molar-refractivity contribution in [2.45, 2.75) is 20.8 Å². The van der Waals surface area contributed by atoms with Crippen LogP contribution >= 0.6 is 0 Å². The molecule has 0 aliphatic rings. The molecule has 2 N–H and O–H groups in total. The molecule has 0 aromatic heterocycles. The lowest BCUT2D eigenvalue weighted by Gasteiger charge is -2.19. The number of aliphatic hydroxyl groups excluding tert-OH is 1. The minimum absolute atomic E-state index is 0.116. The van der Waals surface area contributed by atoms with Crippen molar-refractivity contribution < 1.29 is 9.90 Å². The third-order valence-corrected chi connectivity index (χ3v) is 2.84. The smallest absolute Gasteiger partial charge is 0.321 e. The fraction of sp³-hybridized carbons (Fsp3) is 0.400. The number of carbonyl (C=O) groups is 1. The Balaban J connectivity index is 2.88. The minimum atomic E-state index is -0.171. The molecule has 0 atom stereocenters. The van der Waals surface area contributed by atoms with E-state index in [1.165, 1.54) is 0 Å². The van der Waals surface area contributed by atoms with E-state index < -0.39 is 0 Å². The maximum atomic E-state index is 11.9. The number of hydrogen-bond donors (Lipinski definition) is 2. The summed E-state index contributed by atoms with van der Waals surface area (Å²) >= 11 is 0. The summed E-state index contributed by atoms with van der Waals surface area (Å²) in [6.45, 7) is 7.00. The first-order chi connectivity index (χ1) is 9.12. The van der Waals surface area contributed by atoms with Gasteiger partial charge in [0.1, 0.15) is 6.61 Å². The Labute approximate surface area is 114 Å². The molecule has 1 rings (SSSR count). The molecule has 0 aliphatic heterocycles. The molecule has 0 radical (unpaired) electrons. The Morgan fingerprint density at radius 2 is 2.05 bits per heavy atom. The molecule has 1 aromatic rings. The second kappa shape index (κ2) is 7.45. The van der Waals surface area contributed by atoms with Crippen LogP contribution in [0.3, 0.4) is 0 Å². The highest BCUT2D eigenvalue weighted by atomic mass is 16.2. The molecule has 0 heterocycles. The van der Waals surface area contributed by atoms with Crippen LogP contribution in [0.15, 0.2) is 18.2 Å². The van der Waals surface area contributed by atoms with Crippen molar-refractivity contribution in [3.63, 3.8) is 0 Å². The number of urea groups is 1. The van der Waals surface area contributed by atoms with Crippen molar-refractivity contribution in [3.05, 3.63) is 29.3 Å². The maximum Gasteiger partial charge on any atom is 0.321 e. The van der Waals surface area contributed by atoms with E-state index in [-0.39, 0.29) is 12.6 Å². The SMILES string of the molecule is CCN(CC)C(=O)Nc1ccc(C)c(C#CCO)c1. The number of amides is 2. The Hall–Kier alpha value is -1.99. The Morgan fingerprint density at radius 1 is 1.37 bits per heavy atom. The standard InChI is InChI=1S/C15H20N2O2/c1-4-17(5-2)15(19)16-14-9-8-12(3)13(11-14)7-6-10-18/h8-9,11,18H,4-5,10H2,1-3H3,(H,16,19). The van der Waals surface area contributed by atoms with Crippen LogP contribution in [-0.4, -0.2) is 35.7 Å². The van der Waals surface area contributed by atoms with Crippen molar-refractivity contribution in [3.8, 4) is 11.8 Å². The van der Waals surface area contributed by atoms with Gasteiger partial charge in [-0.25, -0.2) is 4.79 Å². The topological polar surface area (TPSA) is 52.6 Å². The van der Waals surface area contributed by atoms with Crippen LogP contribution in [0.5, 0.6) is 0 Å². The van der Waals surface area contributed by atoms with E-state index in [0.717, 1.165) is 11.1 Å². The first-order valence-electron chi connectivity index (χ1n) is 6.38. The largest absolute Gasteiger partial charge is 0.384 e. The lowest BCUT2D eigenvalue weighted by molar-refractivity contribution is 0.217. The van der Waals surface area contributed by atoms with Gasteiger partial charge in [0, 0.05) is 24.3 Å². The number of nitrogens with zero attached hydrogens (tertiary/aromatic N) is 1. The Bertz CT molecular complexity index is 497. The normalized spacial score (nSPS) is 9.47. The van der Waals surface area contributed by atoms with Crippen molar-refractivity contribution in [1.29, 1.82) is 0 Å². The van der Waals surface area contributed by atoms with Crippen LogP contribution in [0.25, 0.3) is 0 Å². The van der Waals surface area contributed by atoms with E-state index in [2.05, 4.69) is 17.2 Å². The maximum absolute atomic E-state index is 11.9. The monoisotopic (exact) mass is 260 g/mol. The summed E-state index contributed by atoms with van der Waals surface area (Å²) in [6, 6.07) is 5.45. The van der Waals surface area contributed by atoms with Crippen molar-refractivity contribution in [2.75, 3.05) is 25.0 Å². The molecule has 1 aromatic carbocycles. The van der Waals surface area contributed by atoms with Gasteiger partial charge in [-0.2, -0.15) is 0 Å². The van der Waals surface area contributed by atoms with Crippen LogP contribution in [-0.2, 0) is 0 Å². The van der Waals surface area contributed by atoms with E-state index in [1.807, 2.05) is 39.0 Å². The average molecular weight is 260 g/mol. The molecule has 0 bridgehead atoms. The number of benzene rings is 1. The second-order valence-corrected chi connectivity index (χ2v) is 4.09. The predicted octanol–water partition coefficient (Wildman–Crippen LogP) is 2.21. The highest BCUT2D eigenvalue weighted by Gasteiger charge is 2.09. The molecule has 4 nitrogen and oxygen atoms in total. The predicted molar refractivity (Wildman–Crippen MR) is 77.1 cm³/mol. The van der Waals surface area contributed by atoms with Crippen LogP contribution in [0.1, 0.15) is 25.0 Å². The molecule has 0 unspecified atom stereocenters. The van der Waals surface area contributed by atoms with Crippen LogP contribution in [0.2, 0.25) is 0 Å². The number of nitrogens with one attached hydrogen (secondary N) is 1. The van der Waals surface area contributed by atoms with E-state index in [4.69, 9.17) is 5.11 Å². The Kier molecular flexibility index (Phi) is 5.91. The average Bonchev–Trinajstić information content (AvgIpc) is 2.40. The number of aliphatic hydroxyl groups is 1. The zero-order valence-corrected chi connectivity index (χ0v) is 11.7. The van der Waals surface area contributed by atoms with Gasteiger partial charge >= 0.3 is 6.03 Å². The van der Waals surface area contributed by atoms with Gasteiger partial charge in [-0.1, -0.05) is 17.9 Å². The summed E-state index contributed by atoms with van der Waals surface area (Å²) in [6.07, 6.45) is 0. The first-order valence-corrected chi connectivity index (χ1v) is 6.38. The van der Waals surface area contributed by atoms with Gasteiger partial charge in [0.15, 0.2) is 0 Å². The number of carbonyl (C=O) groups excluding carboxylic acids is 1. The van der Waals surface area contributed by atoms with Crippen molar-refractivity contribution in [2.24, 2.45) is 0 Å². The quantitative estimate of drug-likeness (QED) is 0.819. The van der Waals surface area contributed by atoms with Gasteiger partial charge < -0.3 is 15.3 Å². The van der Waals surface area contributed by atoms with Crippen molar-refractivity contribution >= 4 is 11.7 Å².